The summed E-state index contributed by atoms with van der Waals surface area (Å²) >= 11 is 1.66. The van der Waals surface area contributed by atoms with Crippen LogP contribution in [0.2, 0.25) is 0 Å². The first kappa shape index (κ1) is 13.1. The quantitative estimate of drug-likeness (QED) is 0.875. The molecule has 0 saturated carbocycles. The van der Waals surface area contributed by atoms with Crippen LogP contribution in [0.3, 0.4) is 0 Å². The molecular formula is C14H16FNOS. The average molecular weight is 265 g/mol. The molecule has 96 valence electrons. The van der Waals surface area contributed by atoms with E-state index in [1.165, 1.54) is 11.6 Å². The van der Waals surface area contributed by atoms with E-state index in [0.29, 0.717) is 5.56 Å². The fourth-order valence-electron chi connectivity index (χ4n) is 1.97. The number of hydrogen-bond donors (Lipinski definition) is 2. The predicted octanol–water partition coefficient (Wildman–Crippen LogP) is 4.00. The lowest BCUT2D eigenvalue weighted by Crippen LogP contribution is -2.22. The Labute approximate surface area is 110 Å². The molecule has 2 unspecified atom stereocenters. The molecule has 2 N–H and O–H groups in total. The molecule has 0 bridgehead atoms. The summed E-state index contributed by atoms with van der Waals surface area (Å²) in [5, 5.41) is 17.2. The van der Waals surface area contributed by atoms with E-state index in [9.17, 15) is 9.50 Å². The monoisotopic (exact) mass is 265 g/mol. The van der Waals surface area contributed by atoms with Gasteiger partial charge in [0.25, 0.3) is 0 Å². The Hall–Kier alpha value is -1.39. The van der Waals surface area contributed by atoms with Gasteiger partial charge in [0, 0.05) is 23.7 Å². The summed E-state index contributed by atoms with van der Waals surface area (Å²) in [6.07, 6.45) is 0. The van der Waals surface area contributed by atoms with Crippen molar-refractivity contribution in [3.05, 3.63) is 52.0 Å². The number of hydrogen-bond acceptors (Lipinski definition) is 3. The third kappa shape index (κ3) is 2.89. The van der Waals surface area contributed by atoms with Crippen LogP contribution in [0.15, 0.2) is 35.0 Å². The van der Waals surface area contributed by atoms with Gasteiger partial charge in [-0.2, -0.15) is 11.3 Å². The maximum absolute atomic E-state index is 12.9. The molecule has 0 aliphatic rings. The fourth-order valence-corrected chi connectivity index (χ4v) is 2.72. The Morgan fingerprint density at radius 3 is 2.61 bits per heavy atom. The molecule has 2 nitrogen and oxygen atoms in total. The molecule has 1 aromatic heterocycles. The van der Waals surface area contributed by atoms with E-state index >= 15 is 0 Å². The third-order valence-electron chi connectivity index (χ3n) is 3.00. The van der Waals surface area contributed by atoms with Gasteiger partial charge in [0.15, 0.2) is 0 Å². The van der Waals surface area contributed by atoms with Crippen molar-refractivity contribution < 1.29 is 9.50 Å². The van der Waals surface area contributed by atoms with Crippen molar-refractivity contribution in [2.45, 2.75) is 25.9 Å². The minimum atomic E-state index is -0.422. The van der Waals surface area contributed by atoms with E-state index in [4.69, 9.17) is 0 Å². The molecule has 0 saturated heterocycles. The lowest BCUT2D eigenvalue weighted by Gasteiger charge is -2.20. The van der Waals surface area contributed by atoms with Crippen molar-refractivity contribution in [2.75, 3.05) is 0 Å². The molecular weight excluding hydrogens is 249 g/mol. The highest BCUT2D eigenvalue weighted by molar-refractivity contribution is 7.07. The van der Waals surface area contributed by atoms with E-state index < -0.39 is 5.82 Å². The van der Waals surface area contributed by atoms with Gasteiger partial charge in [-0.1, -0.05) is 6.07 Å². The summed E-state index contributed by atoms with van der Waals surface area (Å²) in [5.74, 6) is -0.429. The lowest BCUT2D eigenvalue weighted by atomic mass is 10.0. The lowest BCUT2D eigenvalue weighted by molar-refractivity contribution is 0.434. The van der Waals surface area contributed by atoms with E-state index in [1.54, 1.807) is 17.4 Å². The number of aromatic hydroxyl groups is 1. The van der Waals surface area contributed by atoms with E-state index in [-0.39, 0.29) is 17.8 Å². The first-order valence-corrected chi connectivity index (χ1v) is 6.78. The molecule has 4 heteroatoms. The maximum atomic E-state index is 12.9. The van der Waals surface area contributed by atoms with Crippen LogP contribution in [0, 0.1) is 5.82 Å². The molecule has 0 fully saturated rings. The van der Waals surface area contributed by atoms with Crippen molar-refractivity contribution in [3.63, 3.8) is 0 Å². The Morgan fingerprint density at radius 2 is 2.00 bits per heavy atom. The van der Waals surface area contributed by atoms with Crippen molar-refractivity contribution >= 4 is 11.3 Å². The van der Waals surface area contributed by atoms with Gasteiger partial charge < -0.3 is 10.4 Å². The maximum Gasteiger partial charge on any atom is 0.126 e. The van der Waals surface area contributed by atoms with Crippen LogP contribution in [0.4, 0.5) is 4.39 Å². The minimum Gasteiger partial charge on any atom is -0.508 e. The van der Waals surface area contributed by atoms with Gasteiger partial charge in [-0.15, -0.1) is 0 Å². The Morgan fingerprint density at radius 1 is 1.22 bits per heavy atom. The van der Waals surface area contributed by atoms with Crippen LogP contribution in [0.1, 0.15) is 37.1 Å². The van der Waals surface area contributed by atoms with Gasteiger partial charge in [0.05, 0.1) is 0 Å². The van der Waals surface area contributed by atoms with Gasteiger partial charge in [-0.25, -0.2) is 4.39 Å². The highest BCUT2D eigenvalue weighted by atomic mass is 32.1. The molecule has 0 amide bonds. The summed E-state index contributed by atoms with van der Waals surface area (Å²) in [7, 11) is 0. The Kier molecular flexibility index (Phi) is 3.99. The number of rotatable bonds is 4. The van der Waals surface area contributed by atoms with Crippen LogP contribution in [0.25, 0.3) is 0 Å². The second-order valence-electron chi connectivity index (χ2n) is 4.37. The molecule has 0 aliphatic carbocycles. The van der Waals surface area contributed by atoms with Crippen molar-refractivity contribution in [2.24, 2.45) is 0 Å². The Bertz CT molecular complexity index is 513. The number of halogens is 1. The molecule has 1 aromatic carbocycles. The highest BCUT2D eigenvalue weighted by Crippen LogP contribution is 2.27. The minimum absolute atomic E-state index is 0.00693. The molecule has 2 atom stereocenters. The zero-order valence-corrected chi connectivity index (χ0v) is 11.2. The van der Waals surface area contributed by atoms with Crippen LogP contribution in [-0.4, -0.2) is 5.11 Å². The first-order valence-electron chi connectivity index (χ1n) is 5.84. The van der Waals surface area contributed by atoms with Crippen LogP contribution in [0.5, 0.6) is 5.75 Å². The smallest absolute Gasteiger partial charge is 0.126 e. The molecule has 0 radical (unpaired) electrons. The van der Waals surface area contributed by atoms with Gasteiger partial charge in [-0.3, -0.25) is 0 Å². The van der Waals surface area contributed by atoms with Crippen molar-refractivity contribution in [1.29, 1.82) is 0 Å². The number of phenolic OH excluding ortho intramolecular Hbond substituents is 1. The Balaban J connectivity index is 2.10. The number of thiophene rings is 1. The molecule has 2 rings (SSSR count). The zero-order chi connectivity index (χ0) is 13.1. The summed E-state index contributed by atoms with van der Waals surface area (Å²) < 4.78 is 12.9. The van der Waals surface area contributed by atoms with E-state index in [1.807, 2.05) is 12.3 Å². The van der Waals surface area contributed by atoms with Crippen LogP contribution >= 0.6 is 11.3 Å². The number of benzene rings is 1. The normalized spacial score (nSPS) is 14.4. The number of phenols is 1. The summed E-state index contributed by atoms with van der Waals surface area (Å²) in [6.45, 7) is 4.02. The first-order chi connectivity index (χ1) is 8.58. The standard InChI is InChI=1S/C14H16FNOS/c1-9(11-5-6-18-8-11)16-10(2)13-4-3-12(15)7-14(13)17/h3-10,16-17H,1-2H3. The second-order valence-corrected chi connectivity index (χ2v) is 5.15. The highest BCUT2D eigenvalue weighted by Gasteiger charge is 2.14. The van der Waals surface area contributed by atoms with Gasteiger partial charge >= 0.3 is 0 Å². The van der Waals surface area contributed by atoms with Gasteiger partial charge in [0.2, 0.25) is 0 Å². The molecule has 0 spiro atoms. The summed E-state index contributed by atoms with van der Waals surface area (Å²) in [4.78, 5) is 0. The van der Waals surface area contributed by atoms with Crippen molar-refractivity contribution in [3.8, 4) is 5.75 Å². The predicted molar refractivity (Wildman–Crippen MR) is 72.3 cm³/mol. The zero-order valence-electron chi connectivity index (χ0n) is 10.4. The summed E-state index contributed by atoms with van der Waals surface area (Å²) in [6, 6.07) is 6.34. The topological polar surface area (TPSA) is 32.3 Å². The molecule has 18 heavy (non-hydrogen) atoms. The van der Waals surface area contributed by atoms with Crippen LogP contribution in [-0.2, 0) is 0 Å². The molecule has 2 aromatic rings. The SMILES string of the molecule is CC(NC(C)c1ccc(F)cc1O)c1ccsc1. The number of nitrogens with one attached hydrogen (secondary N) is 1. The molecule has 0 aliphatic heterocycles. The van der Waals surface area contributed by atoms with Crippen LogP contribution < -0.4 is 5.32 Å². The van der Waals surface area contributed by atoms with E-state index in [2.05, 4.69) is 23.7 Å². The largest absolute Gasteiger partial charge is 0.508 e. The van der Waals surface area contributed by atoms with Gasteiger partial charge in [-0.05, 0) is 42.3 Å². The average Bonchev–Trinajstić information content (AvgIpc) is 2.81. The summed E-state index contributed by atoms with van der Waals surface area (Å²) in [5.41, 5.74) is 1.92. The molecule has 1 heterocycles. The second kappa shape index (κ2) is 5.50. The fraction of sp³-hybridized carbons (Fsp3) is 0.286. The third-order valence-corrected chi connectivity index (χ3v) is 3.70. The van der Waals surface area contributed by atoms with Gasteiger partial charge in [0.1, 0.15) is 11.6 Å². The van der Waals surface area contributed by atoms with Crippen molar-refractivity contribution in [1.82, 2.24) is 5.32 Å². The van der Waals surface area contributed by atoms with E-state index in [0.717, 1.165) is 6.07 Å².